The molecule has 1 nitrogen and oxygen atoms in total. The average molecular weight is 356 g/mol. The van der Waals surface area contributed by atoms with Gasteiger partial charge in [-0.15, -0.1) is 11.3 Å². The van der Waals surface area contributed by atoms with E-state index in [4.69, 9.17) is 23.2 Å². The second kappa shape index (κ2) is 5.24. The first-order valence-corrected chi connectivity index (χ1v) is 6.94. The van der Waals surface area contributed by atoms with Crippen LogP contribution in [-0.4, -0.2) is 5.11 Å². The third-order valence-corrected chi connectivity index (χ3v) is 4.38. The fourth-order valence-electron chi connectivity index (χ4n) is 1.44. The Morgan fingerprint density at radius 3 is 2.59 bits per heavy atom. The van der Waals surface area contributed by atoms with E-state index in [-0.39, 0.29) is 5.56 Å². The van der Waals surface area contributed by atoms with E-state index in [9.17, 15) is 9.50 Å². The van der Waals surface area contributed by atoms with Gasteiger partial charge in [0.25, 0.3) is 0 Å². The van der Waals surface area contributed by atoms with Gasteiger partial charge in [0.05, 0.1) is 8.81 Å². The monoisotopic (exact) mass is 354 g/mol. The summed E-state index contributed by atoms with van der Waals surface area (Å²) in [6, 6.07) is 6.26. The zero-order chi connectivity index (χ0) is 12.6. The lowest BCUT2D eigenvalue weighted by molar-refractivity contribution is 0.215. The van der Waals surface area contributed by atoms with E-state index in [1.165, 1.54) is 6.07 Å². The lowest BCUT2D eigenvalue weighted by Gasteiger charge is -2.11. The van der Waals surface area contributed by atoms with E-state index in [0.717, 1.165) is 11.3 Å². The molecular formula is C11H6BrCl2FOS. The number of hydrogen-bond acceptors (Lipinski definition) is 2. The normalized spacial score (nSPS) is 12.8. The molecule has 0 aliphatic carbocycles. The number of rotatable bonds is 2. The lowest BCUT2D eigenvalue weighted by atomic mass is 10.0. The zero-order valence-electron chi connectivity index (χ0n) is 8.25. The second-order valence-corrected chi connectivity index (χ2v) is 6.47. The summed E-state index contributed by atoms with van der Waals surface area (Å²) in [5.74, 6) is -0.501. The molecule has 0 bridgehead atoms. The fourth-order valence-corrected chi connectivity index (χ4v) is 3.34. The van der Waals surface area contributed by atoms with Crippen LogP contribution in [0.25, 0.3) is 0 Å². The van der Waals surface area contributed by atoms with Crippen molar-refractivity contribution in [2.45, 2.75) is 6.10 Å². The van der Waals surface area contributed by atoms with E-state index in [1.807, 2.05) is 0 Å². The van der Waals surface area contributed by atoms with Crippen molar-refractivity contribution in [3.63, 3.8) is 0 Å². The molecule has 1 unspecified atom stereocenters. The van der Waals surface area contributed by atoms with Crippen LogP contribution in [0.4, 0.5) is 4.39 Å². The maximum Gasteiger partial charge on any atom is 0.143 e. The number of halogens is 4. The van der Waals surface area contributed by atoms with Gasteiger partial charge in [-0.25, -0.2) is 4.39 Å². The maximum absolute atomic E-state index is 13.8. The number of hydrogen-bond donors (Lipinski definition) is 1. The lowest BCUT2D eigenvalue weighted by Crippen LogP contribution is -2.02. The van der Waals surface area contributed by atoms with Crippen LogP contribution in [0.15, 0.2) is 28.7 Å². The Bertz CT molecular complexity index is 558. The van der Waals surface area contributed by atoms with Gasteiger partial charge in [0.15, 0.2) is 0 Å². The van der Waals surface area contributed by atoms with Crippen molar-refractivity contribution < 1.29 is 9.50 Å². The Balaban J connectivity index is 2.47. The van der Waals surface area contributed by atoms with E-state index in [1.54, 1.807) is 18.2 Å². The number of benzene rings is 1. The quantitative estimate of drug-likeness (QED) is 0.800. The molecule has 2 aromatic rings. The molecular weight excluding hydrogens is 350 g/mol. The predicted molar refractivity (Wildman–Crippen MR) is 72.5 cm³/mol. The SMILES string of the molecule is OC(c1cc(Cl)sc1Cl)c1cccc(Br)c1F. The summed E-state index contributed by atoms with van der Waals surface area (Å²) in [5, 5.41) is 10.1. The maximum atomic E-state index is 13.8. The second-order valence-electron chi connectivity index (χ2n) is 3.33. The van der Waals surface area contributed by atoms with Gasteiger partial charge in [0.1, 0.15) is 16.3 Å². The minimum Gasteiger partial charge on any atom is -0.383 e. The molecule has 90 valence electrons. The first-order chi connectivity index (χ1) is 8.00. The van der Waals surface area contributed by atoms with Gasteiger partial charge in [0.2, 0.25) is 0 Å². The van der Waals surface area contributed by atoms with Crippen molar-refractivity contribution in [2.24, 2.45) is 0 Å². The third-order valence-electron chi connectivity index (χ3n) is 2.25. The smallest absolute Gasteiger partial charge is 0.143 e. The summed E-state index contributed by atoms with van der Waals surface area (Å²) in [4.78, 5) is 0. The minimum absolute atomic E-state index is 0.163. The number of aliphatic hydroxyl groups excluding tert-OH is 1. The van der Waals surface area contributed by atoms with Gasteiger partial charge in [-0.2, -0.15) is 0 Å². The Morgan fingerprint density at radius 2 is 2.00 bits per heavy atom. The highest BCUT2D eigenvalue weighted by Crippen LogP contribution is 2.38. The molecule has 1 atom stereocenters. The molecule has 0 saturated heterocycles. The first-order valence-electron chi connectivity index (χ1n) is 4.57. The molecule has 1 heterocycles. The predicted octanol–water partition coefficient (Wildman–Crippen LogP) is 5.04. The van der Waals surface area contributed by atoms with Gasteiger partial charge >= 0.3 is 0 Å². The summed E-state index contributed by atoms with van der Waals surface area (Å²) in [6.07, 6.45) is -1.12. The molecule has 0 aliphatic rings. The molecule has 0 radical (unpaired) electrons. The van der Waals surface area contributed by atoms with E-state index in [0.29, 0.717) is 18.7 Å². The summed E-state index contributed by atoms with van der Waals surface area (Å²) in [5.41, 5.74) is 0.578. The van der Waals surface area contributed by atoms with Crippen molar-refractivity contribution in [1.82, 2.24) is 0 Å². The third kappa shape index (κ3) is 2.66. The number of aliphatic hydroxyl groups is 1. The van der Waals surface area contributed by atoms with Crippen molar-refractivity contribution in [2.75, 3.05) is 0 Å². The highest BCUT2D eigenvalue weighted by molar-refractivity contribution is 9.10. The Kier molecular flexibility index (Phi) is 4.10. The molecule has 0 amide bonds. The van der Waals surface area contributed by atoms with Gasteiger partial charge < -0.3 is 5.11 Å². The van der Waals surface area contributed by atoms with E-state index >= 15 is 0 Å². The van der Waals surface area contributed by atoms with Gasteiger partial charge in [-0.1, -0.05) is 35.3 Å². The average Bonchev–Trinajstić information content (AvgIpc) is 2.61. The topological polar surface area (TPSA) is 20.2 Å². The molecule has 17 heavy (non-hydrogen) atoms. The standard InChI is InChI=1S/C11H6BrCl2FOS/c12-7-3-1-2-5(9(7)15)10(16)6-4-8(13)17-11(6)14/h1-4,10,16H. The van der Waals surface area contributed by atoms with Crippen LogP contribution in [-0.2, 0) is 0 Å². The van der Waals surface area contributed by atoms with Crippen LogP contribution < -0.4 is 0 Å². The van der Waals surface area contributed by atoms with Crippen molar-refractivity contribution in [3.8, 4) is 0 Å². The molecule has 0 fully saturated rings. The van der Waals surface area contributed by atoms with E-state index < -0.39 is 11.9 Å². The van der Waals surface area contributed by atoms with Crippen LogP contribution in [0, 0.1) is 5.82 Å². The molecule has 2 rings (SSSR count). The molecule has 1 N–H and O–H groups in total. The highest BCUT2D eigenvalue weighted by Gasteiger charge is 2.20. The van der Waals surface area contributed by atoms with Crippen LogP contribution in [0.2, 0.25) is 8.67 Å². The van der Waals surface area contributed by atoms with Gasteiger partial charge in [-0.05, 0) is 28.1 Å². The number of thiophene rings is 1. The van der Waals surface area contributed by atoms with Gasteiger partial charge in [-0.3, -0.25) is 0 Å². The molecule has 0 spiro atoms. The molecule has 1 aromatic carbocycles. The van der Waals surface area contributed by atoms with Crippen molar-refractivity contribution in [3.05, 3.63) is 54.4 Å². The largest absolute Gasteiger partial charge is 0.383 e. The van der Waals surface area contributed by atoms with Crippen LogP contribution in [0.5, 0.6) is 0 Å². The Morgan fingerprint density at radius 1 is 1.29 bits per heavy atom. The summed E-state index contributed by atoms with van der Waals surface area (Å²) in [6.45, 7) is 0. The Hall–Kier alpha value is -0.130. The summed E-state index contributed by atoms with van der Waals surface area (Å²) >= 11 is 15.9. The highest BCUT2D eigenvalue weighted by atomic mass is 79.9. The minimum atomic E-state index is -1.12. The van der Waals surface area contributed by atoms with Crippen LogP contribution in [0.3, 0.4) is 0 Å². The van der Waals surface area contributed by atoms with Crippen molar-refractivity contribution in [1.29, 1.82) is 0 Å². The molecule has 6 heteroatoms. The first kappa shape index (κ1) is 13.3. The molecule has 1 aromatic heterocycles. The zero-order valence-corrected chi connectivity index (χ0v) is 12.2. The van der Waals surface area contributed by atoms with E-state index in [2.05, 4.69) is 15.9 Å². The summed E-state index contributed by atoms with van der Waals surface area (Å²) < 4.78 is 14.9. The van der Waals surface area contributed by atoms with Crippen LogP contribution in [0.1, 0.15) is 17.2 Å². The Labute approximate surface area is 120 Å². The molecule has 0 aliphatic heterocycles. The summed E-state index contributed by atoms with van der Waals surface area (Å²) in [7, 11) is 0. The fraction of sp³-hybridized carbons (Fsp3) is 0.0909. The molecule has 0 saturated carbocycles. The van der Waals surface area contributed by atoms with Crippen LogP contribution >= 0.6 is 50.5 Å². The van der Waals surface area contributed by atoms with Crippen molar-refractivity contribution >= 4 is 50.5 Å². The van der Waals surface area contributed by atoms with Gasteiger partial charge in [0, 0.05) is 11.1 Å².